The van der Waals surface area contributed by atoms with Gasteiger partial charge < -0.3 is 9.84 Å². The largest absolute Gasteiger partial charge is 0.347 e. The standard InChI is InChI=1S/C17H18N6O2/c24-16(14-6-8-18-21-14)19-13-7-9-23(10-13)11-15-20-17(25-22-15)12-4-2-1-3-5-12/h1-6,8,13H,7,9-11H2,(H,18,21)(H,19,24)/t13-/m0/s1. The van der Waals surface area contributed by atoms with Crippen LogP contribution in [0.4, 0.5) is 0 Å². The van der Waals surface area contributed by atoms with E-state index in [4.69, 9.17) is 4.52 Å². The van der Waals surface area contributed by atoms with E-state index in [9.17, 15) is 4.79 Å². The summed E-state index contributed by atoms with van der Waals surface area (Å²) in [5, 5.41) is 13.5. The number of rotatable bonds is 5. The van der Waals surface area contributed by atoms with Crippen molar-refractivity contribution >= 4 is 5.91 Å². The number of aromatic amines is 1. The van der Waals surface area contributed by atoms with Gasteiger partial charge in [0.25, 0.3) is 11.8 Å². The van der Waals surface area contributed by atoms with E-state index < -0.39 is 0 Å². The maximum Gasteiger partial charge on any atom is 0.269 e. The first-order valence-electron chi connectivity index (χ1n) is 8.18. The second-order valence-electron chi connectivity index (χ2n) is 6.05. The molecule has 1 amide bonds. The van der Waals surface area contributed by atoms with Gasteiger partial charge in [-0.2, -0.15) is 10.1 Å². The van der Waals surface area contributed by atoms with Crippen LogP contribution in [0.1, 0.15) is 22.7 Å². The van der Waals surface area contributed by atoms with Crippen molar-refractivity contribution in [3.8, 4) is 11.5 Å². The second kappa shape index (κ2) is 6.86. The van der Waals surface area contributed by atoms with Crippen LogP contribution < -0.4 is 5.32 Å². The number of nitrogens with zero attached hydrogens (tertiary/aromatic N) is 4. The highest BCUT2D eigenvalue weighted by molar-refractivity contribution is 5.92. The summed E-state index contributed by atoms with van der Waals surface area (Å²) in [5.74, 6) is 1.05. The molecule has 1 aliphatic rings. The van der Waals surface area contributed by atoms with Crippen LogP contribution in [-0.4, -0.2) is 50.3 Å². The molecule has 0 spiro atoms. The molecule has 2 N–H and O–H groups in total. The lowest BCUT2D eigenvalue weighted by molar-refractivity contribution is 0.0932. The first kappa shape index (κ1) is 15.5. The molecule has 1 atom stereocenters. The van der Waals surface area contributed by atoms with E-state index in [1.807, 2.05) is 30.3 Å². The lowest BCUT2D eigenvalue weighted by Crippen LogP contribution is -2.37. The molecule has 0 radical (unpaired) electrons. The van der Waals surface area contributed by atoms with Gasteiger partial charge in [-0.05, 0) is 24.6 Å². The Hall–Kier alpha value is -3.00. The fourth-order valence-corrected chi connectivity index (χ4v) is 2.96. The van der Waals surface area contributed by atoms with Crippen molar-refractivity contribution in [3.63, 3.8) is 0 Å². The lowest BCUT2D eigenvalue weighted by atomic mass is 10.2. The van der Waals surface area contributed by atoms with Crippen LogP contribution in [-0.2, 0) is 6.54 Å². The maximum absolute atomic E-state index is 12.0. The summed E-state index contributed by atoms with van der Waals surface area (Å²) in [6, 6.07) is 11.5. The molecule has 8 nitrogen and oxygen atoms in total. The summed E-state index contributed by atoms with van der Waals surface area (Å²) in [6.07, 6.45) is 2.46. The fourth-order valence-electron chi connectivity index (χ4n) is 2.96. The van der Waals surface area contributed by atoms with Crippen molar-refractivity contribution in [1.29, 1.82) is 0 Å². The molecule has 1 aromatic carbocycles. The van der Waals surface area contributed by atoms with Crippen LogP contribution in [0.3, 0.4) is 0 Å². The Bertz CT molecular complexity index is 830. The quantitative estimate of drug-likeness (QED) is 0.731. The van der Waals surface area contributed by atoms with Crippen LogP contribution >= 0.6 is 0 Å². The Morgan fingerprint density at radius 2 is 2.20 bits per heavy atom. The molecule has 4 rings (SSSR count). The van der Waals surface area contributed by atoms with E-state index in [-0.39, 0.29) is 11.9 Å². The van der Waals surface area contributed by atoms with Crippen LogP contribution in [0.5, 0.6) is 0 Å². The molecule has 0 saturated carbocycles. The van der Waals surface area contributed by atoms with Gasteiger partial charge in [-0.3, -0.25) is 14.8 Å². The van der Waals surface area contributed by atoms with E-state index in [1.165, 1.54) is 0 Å². The number of carbonyl (C=O) groups excluding carboxylic acids is 1. The minimum absolute atomic E-state index is 0.108. The number of hydrogen-bond donors (Lipinski definition) is 2. The SMILES string of the molecule is O=C(N[C@H]1CCN(Cc2noc(-c3ccccc3)n2)C1)c1ccn[nH]1. The van der Waals surface area contributed by atoms with E-state index in [0.717, 1.165) is 25.1 Å². The van der Waals surface area contributed by atoms with Gasteiger partial charge in [-0.25, -0.2) is 0 Å². The Balaban J connectivity index is 1.32. The molecule has 1 saturated heterocycles. The topological polar surface area (TPSA) is 99.9 Å². The van der Waals surface area contributed by atoms with Gasteiger partial charge in [0, 0.05) is 30.9 Å². The Labute approximate surface area is 144 Å². The minimum Gasteiger partial charge on any atom is -0.347 e. The predicted molar refractivity (Wildman–Crippen MR) is 89.5 cm³/mol. The number of aromatic nitrogens is 4. The minimum atomic E-state index is -0.129. The molecule has 1 fully saturated rings. The van der Waals surface area contributed by atoms with Crippen molar-refractivity contribution in [2.45, 2.75) is 19.0 Å². The van der Waals surface area contributed by atoms with Gasteiger partial charge >= 0.3 is 0 Å². The van der Waals surface area contributed by atoms with Crippen LogP contribution in [0.15, 0.2) is 47.1 Å². The predicted octanol–water partition coefficient (Wildman–Crippen LogP) is 1.46. The Morgan fingerprint density at radius 3 is 3.00 bits per heavy atom. The maximum atomic E-state index is 12.0. The first-order chi connectivity index (χ1) is 12.3. The van der Waals surface area contributed by atoms with Gasteiger partial charge in [0.1, 0.15) is 5.69 Å². The van der Waals surface area contributed by atoms with E-state index >= 15 is 0 Å². The van der Waals surface area contributed by atoms with E-state index in [1.54, 1.807) is 12.3 Å². The molecule has 0 aliphatic carbocycles. The zero-order valence-electron chi connectivity index (χ0n) is 13.6. The fraction of sp³-hybridized carbons (Fsp3) is 0.294. The van der Waals surface area contributed by atoms with Crippen molar-refractivity contribution in [3.05, 3.63) is 54.1 Å². The molecule has 3 aromatic rings. The molecular weight excluding hydrogens is 320 g/mol. The molecule has 8 heteroatoms. The van der Waals surface area contributed by atoms with Crippen molar-refractivity contribution in [1.82, 2.24) is 30.6 Å². The third kappa shape index (κ3) is 3.58. The number of carbonyl (C=O) groups is 1. The monoisotopic (exact) mass is 338 g/mol. The number of amides is 1. The van der Waals surface area contributed by atoms with Crippen molar-refractivity contribution in [2.75, 3.05) is 13.1 Å². The third-order valence-electron chi connectivity index (χ3n) is 4.21. The molecule has 2 aromatic heterocycles. The highest BCUT2D eigenvalue weighted by Crippen LogP contribution is 2.18. The molecule has 128 valence electrons. The van der Waals surface area contributed by atoms with Gasteiger partial charge in [-0.1, -0.05) is 23.4 Å². The third-order valence-corrected chi connectivity index (χ3v) is 4.21. The molecule has 0 unspecified atom stereocenters. The molecule has 1 aliphatic heterocycles. The van der Waals surface area contributed by atoms with Crippen LogP contribution in [0.25, 0.3) is 11.5 Å². The van der Waals surface area contributed by atoms with Crippen LogP contribution in [0.2, 0.25) is 0 Å². The first-order valence-corrected chi connectivity index (χ1v) is 8.18. The summed E-state index contributed by atoms with van der Waals surface area (Å²) in [7, 11) is 0. The number of H-pyrrole nitrogens is 1. The summed E-state index contributed by atoms with van der Waals surface area (Å²) in [5.41, 5.74) is 1.39. The average Bonchev–Trinajstić information content (AvgIpc) is 3.38. The second-order valence-corrected chi connectivity index (χ2v) is 6.05. The number of likely N-dealkylation sites (tertiary alicyclic amines) is 1. The Morgan fingerprint density at radius 1 is 1.32 bits per heavy atom. The summed E-state index contributed by atoms with van der Waals surface area (Å²) < 4.78 is 5.33. The molecule has 25 heavy (non-hydrogen) atoms. The zero-order chi connectivity index (χ0) is 17.1. The normalized spacial score (nSPS) is 17.7. The summed E-state index contributed by atoms with van der Waals surface area (Å²) >= 11 is 0. The van der Waals surface area contributed by atoms with Crippen LogP contribution in [0, 0.1) is 0 Å². The van der Waals surface area contributed by atoms with E-state index in [2.05, 4.69) is 30.6 Å². The van der Waals surface area contributed by atoms with E-state index in [0.29, 0.717) is 24.0 Å². The molecule has 3 heterocycles. The van der Waals surface area contributed by atoms with Gasteiger partial charge in [0.2, 0.25) is 0 Å². The molecular formula is C17H18N6O2. The highest BCUT2D eigenvalue weighted by Gasteiger charge is 2.25. The average molecular weight is 338 g/mol. The zero-order valence-corrected chi connectivity index (χ0v) is 13.6. The number of benzene rings is 1. The van der Waals surface area contributed by atoms with Gasteiger partial charge in [-0.15, -0.1) is 0 Å². The summed E-state index contributed by atoms with van der Waals surface area (Å²) in [6.45, 7) is 2.24. The van der Waals surface area contributed by atoms with Crippen molar-refractivity contribution in [2.24, 2.45) is 0 Å². The highest BCUT2D eigenvalue weighted by atomic mass is 16.5. The van der Waals surface area contributed by atoms with Gasteiger partial charge in [0.15, 0.2) is 5.82 Å². The summed E-state index contributed by atoms with van der Waals surface area (Å²) in [4.78, 5) is 18.7. The lowest BCUT2D eigenvalue weighted by Gasteiger charge is -2.14. The van der Waals surface area contributed by atoms with Gasteiger partial charge in [0.05, 0.1) is 6.54 Å². The number of nitrogens with one attached hydrogen (secondary N) is 2. The number of hydrogen-bond acceptors (Lipinski definition) is 6. The smallest absolute Gasteiger partial charge is 0.269 e. The van der Waals surface area contributed by atoms with Crippen molar-refractivity contribution < 1.29 is 9.32 Å². The molecule has 0 bridgehead atoms. The Kier molecular flexibility index (Phi) is 4.26.